The highest BCUT2D eigenvalue weighted by molar-refractivity contribution is 7.85. The van der Waals surface area contributed by atoms with Crippen LogP contribution in [0, 0.1) is 0 Å². The van der Waals surface area contributed by atoms with Gasteiger partial charge in [0.2, 0.25) is 5.91 Å². The predicted molar refractivity (Wildman–Crippen MR) is 142 cm³/mol. The van der Waals surface area contributed by atoms with Crippen LogP contribution in [0.3, 0.4) is 0 Å². The molecule has 7 nitrogen and oxygen atoms in total. The number of carbonyl (C=O) groups excluding carboxylic acids is 1. The van der Waals surface area contributed by atoms with Gasteiger partial charge >= 0.3 is 0 Å². The lowest BCUT2D eigenvalue weighted by Gasteiger charge is -2.39. The third-order valence-corrected chi connectivity index (χ3v) is 7.77. The van der Waals surface area contributed by atoms with E-state index < -0.39 is 21.3 Å². The van der Waals surface area contributed by atoms with Crippen molar-refractivity contribution in [2.24, 2.45) is 5.10 Å². The van der Waals surface area contributed by atoms with Crippen molar-refractivity contribution in [1.29, 1.82) is 0 Å². The van der Waals surface area contributed by atoms with E-state index in [1.807, 2.05) is 59.3 Å². The Morgan fingerprint density at radius 2 is 1.89 bits per heavy atom. The minimum atomic E-state index is -4.15. The Bertz CT molecular complexity index is 1390. The summed E-state index contributed by atoms with van der Waals surface area (Å²) in [7, 11) is -2.60. The Balaban J connectivity index is 1.77. The molecule has 1 aliphatic rings. The van der Waals surface area contributed by atoms with Crippen LogP contribution in [0.5, 0.6) is 0 Å². The highest BCUT2D eigenvalue weighted by Crippen LogP contribution is 2.45. The lowest BCUT2D eigenvalue weighted by molar-refractivity contribution is -0.130. The Hall–Kier alpha value is -2.94. The molecule has 1 amide bonds. The van der Waals surface area contributed by atoms with Crippen molar-refractivity contribution in [2.75, 3.05) is 19.3 Å². The van der Waals surface area contributed by atoms with Crippen molar-refractivity contribution < 1.29 is 17.8 Å². The first-order valence-electron chi connectivity index (χ1n) is 11.9. The summed E-state index contributed by atoms with van der Waals surface area (Å²) in [6.07, 6.45) is 2.03. The molecule has 1 aromatic heterocycles. The second-order valence-corrected chi connectivity index (χ2v) is 11.2. The highest BCUT2D eigenvalue weighted by atomic mass is 35.5. The van der Waals surface area contributed by atoms with E-state index in [9.17, 15) is 13.2 Å². The molecule has 1 unspecified atom stereocenters. The zero-order chi connectivity index (χ0) is 25.9. The van der Waals surface area contributed by atoms with Crippen molar-refractivity contribution in [3.8, 4) is 0 Å². The standard InChI is InChI=1S/C27H30ClN3O4S/c1-3-23-12-13-25-27(21-10-7-11-22(28)18-21,15-14-26(32)30(2)16-17-36(33,34)35)19-24(29-31(23)25)20-8-5-4-6-9-20/h4-13,18H,3,14-17,19H2,1-2H3,(H,33,34,35). The van der Waals surface area contributed by atoms with E-state index in [0.717, 1.165) is 34.6 Å². The van der Waals surface area contributed by atoms with Crippen molar-refractivity contribution in [3.05, 3.63) is 94.3 Å². The summed E-state index contributed by atoms with van der Waals surface area (Å²) < 4.78 is 33.4. The summed E-state index contributed by atoms with van der Waals surface area (Å²) in [5.41, 5.74) is 4.41. The van der Waals surface area contributed by atoms with Gasteiger partial charge < -0.3 is 4.90 Å². The molecule has 2 aromatic carbocycles. The summed E-state index contributed by atoms with van der Waals surface area (Å²) in [5, 5.41) is 5.63. The largest absolute Gasteiger partial charge is 0.345 e. The van der Waals surface area contributed by atoms with Crippen LogP contribution in [-0.4, -0.2) is 53.5 Å². The number of hydrogen-bond donors (Lipinski definition) is 1. The van der Waals surface area contributed by atoms with Gasteiger partial charge in [0.1, 0.15) is 0 Å². The number of halogens is 1. The first-order chi connectivity index (χ1) is 17.1. The van der Waals surface area contributed by atoms with Crippen LogP contribution in [0.1, 0.15) is 48.7 Å². The number of carbonyl (C=O) groups is 1. The smallest absolute Gasteiger partial charge is 0.266 e. The van der Waals surface area contributed by atoms with E-state index in [4.69, 9.17) is 21.3 Å². The van der Waals surface area contributed by atoms with Gasteiger partial charge in [-0.2, -0.15) is 13.5 Å². The average Bonchev–Trinajstić information content (AvgIpc) is 3.29. The normalized spacial score (nSPS) is 17.4. The molecule has 0 aliphatic carbocycles. The van der Waals surface area contributed by atoms with Gasteiger partial charge in [0.15, 0.2) is 0 Å². The zero-order valence-corrected chi connectivity index (χ0v) is 22.0. The van der Waals surface area contributed by atoms with Gasteiger partial charge in [0.25, 0.3) is 10.1 Å². The van der Waals surface area contributed by atoms with Crippen LogP contribution in [-0.2, 0) is 26.7 Å². The van der Waals surface area contributed by atoms with Crippen LogP contribution >= 0.6 is 11.6 Å². The molecular formula is C27H30ClN3O4S. The summed E-state index contributed by atoms with van der Waals surface area (Å²) in [6, 6.07) is 21.9. The Kier molecular flexibility index (Phi) is 7.68. The maximum Gasteiger partial charge on any atom is 0.266 e. The summed E-state index contributed by atoms with van der Waals surface area (Å²) >= 11 is 6.44. The number of rotatable bonds is 9. The van der Waals surface area contributed by atoms with E-state index in [1.165, 1.54) is 4.90 Å². The highest BCUT2D eigenvalue weighted by Gasteiger charge is 2.42. The van der Waals surface area contributed by atoms with Gasteiger partial charge in [0.05, 0.1) is 17.2 Å². The molecule has 36 heavy (non-hydrogen) atoms. The molecule has 4 rings (SSSR count). The quantitative estimate of drug-likeness (QED) is 0.406. The Labute approximate surface area is 217 Å². The maximum atomic E-state index is 13.1. The first kappa shape index (κ1) is 26.1. The number of aryl methyl sites for hydroxylation is 1. The first-order valence-corrected chi connectivity index (χ1v) is 13.9. The Morgan fingerprint density at radius 1 is 1.14 bits per heavy atom. The van der Waals surface area contributed by atoms with E-state index in [0.29, 0.717) is 17.9 Å². The van der Waals surface area contributed by atoms with Crippen molar-refractivity contribution in [1.82, 2.24) is 9.58 Å². The third-order valence-electron chi connectivity index (χ3n) is 6.84. The van der Waals surface area contributed by atoms with Crippen molar-refractivity contribution in [3.63, 3.8) is 0 Å². The minimum Gasteiger partial charge on any atom is -0.345 e. The number of benzene rings is 2. The second kappa shape index (κ2) is 10.6. The molecule has 1 aliphatic heterocycles. The van der Waals surface area contributed by atoms with Gasteiger partial charge in [-0.1, -0.05) is 61.0 Å². The molecule has 0 bridgehead atoms. The summed E-state index contributed by atoms with van der Waals surface area (Å²) in [5.74, 6) is -0.694. The third kappa shape index (κ3) is 5.56. The molecule has 0 saturated carbocycles. The molecule has 9 heteroatoms. The Morgan fingerprint density at radius 3 is 2.56 bits per heavy atom. The molecule has 0 fully saturated rings. The van der Waals surface area contributed by atoms with Gasteiger partial charge in [-0.15, -0.1) is 0 Å². The molecule has 2 heterocycles. The number of fused-ring (bicyclic) bond motifs is 1. The van der Waals surface area contributed by atoms with Crippen molar-refractivity contribution >= 4 is 33.3 Å². The van der Waals surface area contributed by atoms with Crippen LogP contribution in [0.15, 0.2) is 71.8 Å². The fourth-order valence-corrected chi connectivity index (χ4v) is 5.52. The number of amides is 1. The van der Waals surface area contributed by atoms with Crippen LogP contribution in [0.2, 0.25) is 5.02 Å². The fraction of sp³-hybridized carbons (Fsp3) is 0.333. The summed E-state index contributed by atoms with van der Waals surface area (Å²) in [6.45, 7) is 2.01. The maximum absolute atomic E-state index is 13.1. The van der Waals surface area contributed by atoms with Gasteiger partial charge in [0, 0.05) is 42.6 Å². The monoisotopic (exact) mass is 527 g/mol. The second-order valence-electron chi connectivity index (χ2n) is 9.16. The lowest BCUT2D eigenvalue weighted by atomic mass is 9.69. The van der Waals surface area contributed by atoms with E-state index in [1.54, 1.807) is 7.05 Å². The molecular weight excluding hydrogens is 498 g/mol. The fourth-order valence-electron chi connectivity index (χ4n) is 4.83. The topological polar surface area (TPSA) is 92.0 Å². The lowest BCUT2D eigenvalue weighted by Crippen LogP contribution is -2.39. The van der Waals surface area contributed by atoms with Crippen LogP contribution in [0.25, 0.3) is 0 Å². The van der Waals surface area contributed by atoms with Crippen molar-refractivity contribution in [2.45, 2.75) is 38.0 Å². The zero-order valence-electron chi connectivity index (χ0n) is 20.4. The molecule has 190 valence electrons. The minimum absolute atomic E-state index is 0.0745. The van der Waals surface area contributed by atoms with Gasteiger partial charge in [-0.3, -0.25) is 9.35 Å². The molecule has 0 radical (unpaired) electrons. The molecule has 3 aromatic rings. The van der Waals surface area contributed by atoms with Crippen LogP contribution < -0.4 is 0 Å². The molecule has 0 spiro atoms. The number of nitrogens with zero attached hydrogens (tertiary/aromatic N) is 3. The average molecular weight is 528 g/mol. The number of hydrogen-bond acceptors (Lipinski definition) is 4. The van der Waals surface area contributed by atoms with E-state index in [2.05, 4.69) is 19.1 Å². The van der Waals surface area contributed by atoms with Gasteiger partial charge in [-0.25, -0.2) is 4.68 Å². The van der Waals surface area contributed by atoms with Crippen LogP contribution in [0.4, 0.5) is 0 Å². The molecule has 0 saturated heterocycles. The number of aromatic nitrogens is 1. The van der Waals surface area contributed by atoms with E-state index >= 15 is 0 Å². The van der Waals surface area contributed by atoms with Gasteiger partial charge in [-0.05, 0) is 48.2 Å². The summed E-state index contributed by atoms with van der Waals surface area (Å²) in [4.78, 5) is 14.4. The molecule has 1 atom stereocenters. The predicted octanol–water partition coefficient (Wildman–Crippen LogP) is 4.77. The van der Waals surface area contributed by atoms with E-state index in [-0.39, 0.29) is 18.9 Å². The SMILES string of the molecule is CCc1ccc2n1N=C(c1ccccc1)CC2(CCC(=O)N(C)CCS(=O)(=O)O)c1cccc(Cl)c1. The molecule has 1 N–H and O–H groups in total.